The Labute approximate surface area is 87.9 Å². The molecular weight excluding hydrogens is 202 g/mol. The Bertz CT molecular complexity index is 202. The summed E-state index contributed by atoms with van der Waals surface area (Å²) in [5.74, 6) is 1.67. The van der Waals surface area contributed by atoms with Gasteiger partial charge in [0.05, 0.1) is 17.4 Å². The molecule has 0 aliphatic carbocycles. The summed E-state index contributed by atoms with van der Waals surface area (Å²) in [5, 5.41) is 0.822. The molecule has 0 heterocycles. The van der Waals surface area contributed by atoms with Gasteiger partial charge in [0.25, 0.3) is 0 Å². The van der Waals surface area contributed by atoms with Gasteiger partial charge in [-0.05, 0) is 24.6 Å². The molecule has 0 amide bonds. The Kier molecular flexibility index (Phi) is 8.04. The minimum Gasteiger partial charge on any atom is -0.498 e. The van der Waals surface area contributed by atoms with Crippen LogP contribution >= 0.6 is 21.6 Å². The third kappa shape index (κ3) is 9.56. The van der Waals surface area contributed by atoms with Crippen molar-refractivity contribution in [3.8, 4) is 0 Å². The molecule has 74 valence electrons. The second-order valence-corrected chi connectivity index (χ2v) is 4.73. The summed E-state index contributed by atoms with van der Waals surface area (Å²) in [6.07, 6.45) is 1.74. The van der Waals surface area contributed by atoms with Crippen molar-refractivity contribution in [2.24, 2.45) is 4.99 Å². The fourth-order valence-corrected chi connectivity index (χ4v) is 2.04. The van der Waals surface area contributed by atoms with Gasteiger partial charge in [-0.3, -0.25) is 4.99 Å². The summed E-state index contributed by atoms with van der Waals surface area (Å²) >= 11 is 0. The largest absolute Gasteiger partial charge is 0.498 e. The van der Waals surface area contributed by atoms with Crippen LogP contribution in [0.15, 0.2) is 28.9 Å². The monoisotopic (exact) mass is 217 g/mol. The van der Waals surface area contributed by atoms with Gasteiger partial charge in [-0.25, -0.2) is 0 Å². The number of ether oxygens (including phenoxy) is 1. The zero-order valence-corrected chi connectivity index (χ0v) is 9.71. The van der Waals surface area contributed by atoms with E-state index in [-0.39, 0.29) is 0 Å². The Morgan fingerprint density at radius 2 is 2.23 bits per heavy atom. The van der Waals surface area contributed by atoms with E-state index < -0.39 is 0 Å². The maximum absolute atomic E-state index is 5.19. The number of rotatable bonds is 7. The molecule has 0 N–H and O–H groups in total. The van der Waals surface area contributed by atoms with E-state index in [1.807, 2.05) is 13.8 Å². The third-order valence-corrected chi connectivity index (χ3v) is 3.12. The lowest BCUT2D eigenvalue weighted by molar-refractivity contribution is 0.236. The zero-order valence-electron chi connectivity index (χ0n) is 8.08. The van der Waals surface area contributed by atoms with E-state index in [9.17, 15) is 0 Å². The first-order valence-electron chi connectivity index (χ1n) is 3.92. The molecular formula is C9H15NOS2. The molecule has 2 nitrogen and oxygen atoms in total. The highest BCUT2D eigenvalue weighted by Crippen LogP contribution is 2.28. The number of allylic oxidation sites excluding steroid dienone is 1. The van der Waals surface area contributed by atoms with E-state index in [1.165, 1.54) is 0 Å². The maximum Gasteiger partial charge on any atom is 0.0989 e. The van der Waals surface area contributed by atoms with Gasteiger partial charge in [0, 0.05) is 12.0 Å². The smallest absolute Gasteiger partial charge is 0.0989 e. The van der Waals surface area contributed by atoms with Crippen molar-refractivity contribution in [3.63, 3.8) is 0 Å². The van der Waals surface area contributed by atoms with E-state index in [0.29, 0.717) is 6.61 Å². The Morgan fingerprint density at radius 1 is 1.54 bits per heavy atom. The molecule has 0 saturated heterocycles. The second-order valence-electron chi connectivity index (χ2n) is 2.24. The van der Waals surface area contributed by atoms with Gasteiger partial charge in [0.2, 0.25) is 0 Å². The topological polar surface area (TPSA) is 21.6 Å². The number of hydrogen-bond donors (Lipinski definition) is 0. The number of hydrogen-bond acceptors (Lipinski definition) is 4. The third-order valence-electron chi connectivity index (χ3n) is 0.943. The van der Waals surface area contributed by atoms with Gasteiger partial charge in [-0.1, -0.05) is 24.0 Å². The van der Waals surface area contributed by atoms with E-state index in [4.69, 9.17) is 4.74 Å². The average molecular weight is 217 g/mol. The molecule has 0 saturated carbocycles. The molecule has 0 rings (SSSR count). The van der Waals surface area contributed by atoms with Crippen LogP contribution in [0.3, 0.4) is 0 Å². The fraction of sp³-hybridized carbons (Fsp3) is 0.444. The molecule has 0 aliphatic rings. The van der Waals surface area contributed by atoms with Gasteiger partial charge in [0.1, 0.15) is 0 Å². The summed E-state index contributed by atoms with van der Waals surface area (Å²) in [6, 6.07) is 0. The fourth-order valence-electron chi connectivity index (χ4n) is 0.525. The molecule has 0 aromatic carbocycles. The maximum atomic E-state index is 5.19. The summed E-state index contributed by atoms with van der Waals surface area (Å²) < 4.78 is 5.19. The minimum atomic E-state index is 0.691. The Hall–Kier alpha value is -0.350. The summed E-state index contributed by atoms with van der Waals surface area (Å²) in [4.78, 5) is 4.02. The van der Waals surface area contributed by atoms with Crippen LogP contribution < -0.4 is 0 Å². The first-order valence-corrected chi connectivity index (χ1v) is 6.24. The van der Waals surface area contributed by atoms with Crippen LogP contribution in [0, 0.1) is 0 Å². The van der Waals surface area contributed by atoms with Crippen molar-refractivity contribution in [1.29, 1.82) is 0 Å². The quantitative estimate of drug-likeness (QED) is 0.282. The van der Waals surface area contributed by atoms with E-state index in [1.54, 1.807) is 27.8 Å². The highest BCUT2D eigenvalue weighted by Gasteiger charge is 1.93. The van der Waals surface area contributed by atoms with Crippen molar-refractivity contribution in [3.05, 3.63) is 23.9 Å². The van der Waals surface area contributed by atoms with Gasteiger partial charge < -0.3 is 4.74 Å². The highest BCUT2D eigenvalue weighted by atomic mass is 33.1. The normalized spacial score (nSPS) is 10.3. The van der Waals surface area contributed by atoms with Gasteiger partial charge in [-0.15, -0.1) is 0 Å². The summed E-state index contributed by atoms with van der Waals surface area (Å²) in [7, 11) is 3.25. The van der Waals surface area contributed by atoms with Crippen molar-refractivity contribution in [2.45, 2.75) is 13.8 Å². The Balaban J connectivity index is 3.25. The number of nitrogens with zero attached hydrogens (tertiary/aromatic N) is 1. The van der Waals surface area contributed by atoms with Gasteiger partial charge in [0.15, 0.2) is 0 Å². The standard InChI is InChI=1S/C9H15NOS2/c1-5-10-9(4)13-12-7-6-11-8(2)3/h5H,2,4,6-7H2,1,3H3/b10-5-. The Morgan fingerprint density at radius 3 is 2.77 bits per heavy atom. The van der Waals surface area contributed by atoms with Crippen LogP contribution in [0.4, 0.5) is 0 Å². The van der Waals surface area contributed by atoms with E-state index in [0.717, 1.165) is 16.5 Å². The van der Waals surface area contributed by atoms with Crippen molar-refractivity contribution in [1.82, 2.24) is 0 Å². The number of aliphatic imine (C=N–C) groups is 1. The molecule has 0 aliphatic heterocycles. The van der Waals surface area contributed by atoms with Crippen molar-refractivity contribution >= 4 is 27.8 Å². The van der Waals surface area contributed by atoms with E-state index >= 15 is 0 Å². The van der Waals surface area contributed by atoms with Crippen LogP contribution in [-0.2, 0) is 4.74 Å². The second kappa shape index (κ2) is 8.26. The van der Waals surface area contributed by atoms with Gasteiger partial charge in [-0.2, -0.15) is 0 Å². The lowest BCUT2D eigenvalue weighted by Gasteiger charge is -2.03. The van der Waals surface area contributed by atoms with Crippen molar-refractivity contribution in [2.75, 3.05) is 12.4 Å². The lowest BCUT2D eigenvalue weighted by Crippen LogP contribution is -1.92. The first kappa shape index (κ1) is 12.7. The molecule has 4 heteroatoms. The lowest BCUT2D eigenvalue weighted by atomic mass is 10.6. The minimum absolute atomic E-state index is 0.691. The molecule has 0 bridgehead atoms. The van der Waals surface area contributed by atoms with Gasteiger partial charge >= 0.3 is 0 Å². The molecule has 0 spiro atoms. The molecule has 13 heavy (non-hydrogen) atoms. The summed E-state index contributed by atoms with van der Waals surface area (Å²) in [5.41, 5.74) is 0. The first-order chi connectivity index (χ1) is 6.16. The van der Waals surface area contributed by atoms with Crippen LogP contribution in [0.5, 0.6) is 0 Å². The van der Waals surface area contributed by atoms with Crippen LogP contribution in [0.2, 0.25) is 0 Å². The SMILES string of the molecule is C=C(C)OCCSSC(=C)/N=C\C. The van der Waals surface area contributed by atoms with Crippen LogP contribution in [0.25, 0.3) is 0 Å². The molecule has 0 aromatic rings. The van der Waals surface area contributed by atoms with E-state index in [2.05, 4.69) is 18.2 Å². The zero-order chi connectivity index (χ0) is 10.1. The molecule has 0 unspecified atom stereocenters. The molecule has 0 radical (unpaired) electrons. The predicted octanol–water partition coefficient (Wildman–Crippen LogP) is 3.48. The molecule has 0 fully saturated rings. The predicted molar refractivity (Wildman–Crippen MR) is 64.1 cm³/mol. The van der Waals surface area contributed by atoms with Crippen LogP contribution in [-0.4, -0.2) is 18.6 Å². The molecule has 0 aromatic heterocycles. The highest BCUT2D eigenvalue weighted by molar-refractivity contribution is 8.78. The van der Waals surface area contributed by atoms with Crippen molar-refractivity contribution < 1.29 is 4.74 Å². The molecule has 0 atom stereocenters. The summed E-state index contributed by atoms with van der Waals surface area (Å²) in [6.45, 7) is 11.8. The van der Waals surface area contributed by atoms with Crippen LogP contribution in [0.1, 0.15) is 13.8 Å². The average Bonchev–Trinajstić information content (AvgIpc) is 2.03.